The average molecular weight is 390 g/mol. The van der Waals surface area contributed by atoms with Gasteiger partial charge in [-0.2, -0.15) is 4.98 Å². The number of nitrogens with zero attached hydrogens (tertiary/aromatic N) is 3. The third kappa shape index (κ3) is 4.04. The Balaban J connectivity index is 0.00000121. The van der Waals surface area contributed by atoms with E-state index in [1.165, 1.54) is 0 Å². The second-order valence-corrected chi connectivity index (χ2v) is 5.39. The van der Waals surface area contributed by atoms with Gasteiger partial charge in [-0.15, -0.1) is 24.8 Å². The van der Waals surface area contributed by atoms with Crippen LogP contribution in [0.3, 0.4) is 0 Å². The van der Waals surface area contributed by atoms with Crippen LogP contribution in [0.2, 0.25) is 0 Å². The molecule has 0 aliphatic carbocycles. The molecule has 6 nitrogen and oxygen atoms in total. The Morgan fingerprint density at radius 3 is 2.69 bits per heavy atom. The lowest BCUT2D eigenvalue weighted by atomic mass is 10.1. The number of aromatic hydroxyl groups is 1. The van der Waals surface area contributed by atoms with Crippen LogP contribution in [-0.2, 0) is 6.54 Å². The normalized spacial score (nSPS) is 13.0. The maximum atomic E-state index is 10.0. The van der Waals surface area contributed by atoms with Crippen LogP contribution < -0.4 is 5.32 Å². The van der Waals surface area contributed by atoms with Crippen LogP contribution in [0.25, 0.3) is 11.6 Å². The number of pyridine rings is 1. The smallest absolute Gasteiger partial charge is 0.238 e. The molecule has 0 bridgehead atoms. The van der Waals surface area contributed by atoms with Crippen LogP contribution in [0, 0.1) is 0 Å². The molecule has 0 fully saturated rings. The Kier molecular flexibility index (Phi) is 6.38. The minimum Gasteiger partial charge on any atom is -0.492 e. The summed E-state index contributed by atoms with van der Waals surface area (Å²) in [5, 5.41) is 13.2. The Hall–Kier alpha value is -2.83. The lowest BCUT2D eigenvalue weighted by Gasteiger charge is -2.02. The molecule has 3 aromatic rings. The van der Waals surface area contributed by atoms with Crippen molar-refractivity contribution >= 4 is 54.4 Å². The summed E-state index contributed by atoms with van der Waals surface area (Å²) < 4.78 is 0. The number of benzene rings is 1. The summed E-state index contributed by atoms with van der Waals surface area (Å²) in [4.78, 5) is 15.6. The van der Waals surface area contributed by atoms with Gasteiger partial charge in [0.25, 0.3) is 0 Å². The number of fused-ring (bicyclic) bond motifs is 1. The lowest BCUT2D eigenvalue weighted by Crippen LogP contribution is -2.00. The summed E-state index contributed by atoms with van der Waals surface area (Å²) in [6.45, 7) is 0.623. The summed E-state index contributed by atoms with van der Waals surface area (Å²) in [5.74, 6) is 1.15. The third-order valence-corrected chi connectivity index (χ3v) is 3.74. The van der Waals surface area contributed by atoms with Crippen LogP contribution in [0.1, 0.15) is 16.8 Å². The average Bonchev–Trinajstić information content (AvgIpc) is 3.18. The van der Waals surface area contributed by atoms with Gasteiger partial charge in [-0.1, -0.05) is 30.3 Å². The van der Waals surface area contributed by atoms with Crippen molar-refractivity contribution in [2.75, 3.05) is 5.32 Å². The molecule has 0 amide bonds. The molecule has 0 saturated heterocycles. The summed E-state index contributed by atoms with van der Waals surface area (Å²) in [5.41, 5.74) is 3.48. The number of H-pyrrole nitrogens is 1. The number of anilines is 1. The van der Waals surface area contributed by atoms with Gasteiger partial charge in [0.2, 0.25) is 11.8 Å². The van der Waals surface area contributed by atoms with Crippen LogP contribution in [0.15, 0.2) is 53.7 Å². The minimum atomic E-state index is -0.0520. The predicted octanol–water partition coefficient (Wildman–Crippen LogP) is 4.22. The van der Waals surface area contributed by atoms with Crippen LogP contribution in [0.5, 0.6) is 5.88 Å². The number of imidazole rings is 1. The Morgan fingerprint density at radius 1 is 1.08 bits per heavy atom. The second kappa shape index (κ2) is 8.51. The molecule has 4 rings (SSSR count). The van der Waals surface area contributed by atoms with Crippen molar-refractivity contribution in [1.82, 2.24) is 15.0 Å². The van der Waals surface area contributed by atoms with Gasteiger partial charge in [0.1, 0.15) is 5.69 Å². The maximum Gasteiger partial charge on any atom is 0.238 e. The van der Waals surface area contributed by atoms with E-state index in [-0.39, 0.29) is 30.7 Å². The number of allylic oxidation sites excluding steroid dienone is 1. The topological polar surface area (TPSA) is 86.2 Å². The SMILES string of the molecule is Cl.Cl.Oc1nc(NCc2ccccc2)[nH]c1/C=C1\C=Nc2ncccc21. The number of hydrogen-bond donors (Lipinski definition) is 3. The number of aliphatic imine (C=N–C) groups is 1. The van der Waals surface area contributed by atoms with Crippen molar-refractivity contribution < 1.29 is 5.11 Å². The van der Waals surface area contributed by atoms with Crippen molar-refractivity contribution in [3.8, 4) is 5.88 Å². The van der Waals surface area contributed by atoms with Crippen LogP contribution >= 0.6 is 24.8 Å². The highest BCUT2D eigenvalue weighted by atomic mass is 35.5. The largest absolute Gasteiger partial charge is 0.492 e. The molecule has 3 heterocycles. The molecule has 2 aromatic heterocycles. The summed E-state index contributed by atoms with van der Waals surface area (Å²) >= 11 is 0. The number of nitrogens with one attached hydrogen (secondary N) is 2. The van der Waals surface area contributed by atoms with Crippen molar-refractivity contribution in [1.29, 1.82) is 0 Å². The molecule has 1 aromatic carbocycles. The molecule has 26 heavy (non-hydrogen) atoms. The molecule has 0 atom stereocenters. The second-order valence-electron chi connectivity index (χ2n) is 5.39. The third-order valence-electron chi connectivity index (χ3n) is 3.74. The van der Waals surface area contributed by atoms with Gasteiger partial charge < -0.3 is 15.4 Å². The van der Waals surface area contributed by atoms with E-state index in [2.05, 4.69) is 25.3 Å². The Morgan fingerprint density at radius 2 is 1.88 bits per heavy atom. The van der Waals surface area contributed by atoms with Gasteiger partial charge in [-0.25, -0.2) is 9.98 Å². The highest BCUT2D eigenvalue weighted by Crippen LogP contribution is 2.31. The fourth-order valence-electron chi connectivity index (χ4n) is 2.54. The van der Waals surface area contributed by atoms with Crippen LogP contribution in [0.4, 0.5) is 11.8 Å². The Labute approximate surface area is 163 Å². The quantitative estimate of drug-likeness (QED) is 0.623. The first-order valence-electron chi connectivity index (χ1n) is 7.57. The molecule has 0 spiro atoms. The van der Waals surface area contributed by atoms with Crippen molar-refractivity contribution in [3.63, 3.8) is 0 Å². The van der Waals surface area contributed by atoms with Gasteiger partial charge in [0, 0.05) is 30.1 Å². The summed E-state index contributed by atoms with van der Waals surface area (Å²) in [6.07, 6.45) is 5.25. The monoisotopic (exact) mass is 389 g/mol. The van der Waals surface area contributed by atoms with E-state index in [0.29, 0.717) is 24.0 Å². The van der Waals surface area contributed by atoms with E-state index >= 15 is 0 Å². The fourth-order valence-corrected chi connectivity index (χ4v) is 2.54. The zero-order chi connectivity index (χ0) is 16.4. The van der Waals surface area contributed by atoms with E-state index in [1.807, 2.05) is 48.5 Å². The predicted molar refractivity (Wildman–Crippen MR) is 109 cm³/mol. The Bertz CT molecular complexity index is 938. The molecular formula is C18H17Cl2N5O. The van der Waals surface area contributed by atoms with E-state index < -0.39 is 0 Å². The number of aromatic amines is 1. The number of aromatic nitrogens is 3. The first-order chi connectivity index (χ1) is 11.8. The minimum absolute atomic E-state index is 0. The summed E-state index contributed by atoms with van der Waals surface area (Å²) in [7, 11) is 0. The van der Waals surface area contributed by atoms with E-state index in [0.717, 1.165) is 16.7 Å². The molecule has 1 aliphatic rings. The first-order valence-corrected chi connectivity index (χ1v) is 7.57. The van der Waals surface area contributed by atoms with Gasteiger partial charge in [0.05, 0.1) is 0 Å². The molecule has 8 heteroatoms. The van der Waals surface area contributed by atoms with Crippen molar-refractivity contribution in [2.45, 2.75) is 6.54 Å². The zero-order valence-corrected chi connectivity index (χ0v) is 15.2. The molecule has 0 radical (unpaired) electrons. The van der Waals surface area contributed by atoms with Crippen LogP contribution in [-0.4, -0.2) is 26.3 Å². The number of halogens is 2. The molecule has 134 valence electrons. The molecule has 0 unspecified atom stereocenters. The van der Waals surface area contributed by atoms with Gasteiger partial charge in [0.15, 0.2) is 5.82 Å². The van der Waals surface area contributed by atoms with E-state index in [4.69, 9.17) is 0 Å². The summed E-state index contributed by atoms with van der Waals surface area (Å²) in [6, 6.07) is 13.8. The molecule has 1 aliphatic heterocycles. The van der Waals surface area contributed by atoms with Crippen molar-refractivity contribution in [2.24, 2.45) is 4.99 Å². The lowest BCUT2D eigenvalue weighted by molar-refractivity contribution is 0.455. The molecule has 3 N–H and O–H groups in total. The highest BCUT2D eigenvalue weighted by Gasteiger charge is 2.14. The van der Waals surface area contributed by atoms with E-state index in [9.17, 15) is 5.11 Å². The van der Waals surface area contributed by atoms with Crippen molar-refractivity contribution in [3.05, 3.63) is 65.5 Å². The standard InChI is InChI=1S/C18H15N5O.2ClH/c24-17-15(9-13-11-20-16-14(13)7-4-8-19-16)22-18(23-17)21-10-12-5-2-1-3-6-12;;/h1-9,11,24H,10H2,(H2,21,22,23);2*1H/b13-9+;;. The zero-order valence-electron chi connectivity index (χ0n) is 13.6. The number of rotatable bonds is 4. The van der Waals surface area contributed by atoms with Gasteiger partial charge in [-0.3, -0.25) is 0 Å². The molecular weight excluding hydrogens is 373 g/mol. The highest BCUT2D eigenvalue weighted by molar-refractivity contribution is 6.20. The van der Waals surface area contributed by atoms with E-state index in [1.54, 1.807) is 12.4 Å². The van der Waals surface area contributed by atoms with Gasteiger partial charge in [-0.05, 0) is 23.8 Å². The van der Waals surface area contributed by atoms with Gasteiger partial charge >= 0.3 is 0 Å². The number of hydrogen-bond acceptors (Lipinski definition) is 5. The molecule has 0 saturated carbocycles. The first kappa shape index (κ1) is 19.5. The maximum absolute atomic E-state index is 10.0. The fraction of sp³-hybridized carbons (Fsp3) is 0.0556.